The number of rotatable bonds is 2. The predicted molar refractivity (Wildman–Crippen MR) is 69.9 cm³/mol. The molecule has 1 aliphatic heterocycles. The van der Waals surface area contributed by atoms with Crippen molar-refractivity contribution < 1.29 is 4.74 Å². The van der Waals surface area contributed by atoms with Crippen molar-refractivity contribution in [2.45, 2.75) is 32.4 Å². The number of likely N-dealkylation sites (tertiary alicyclic amines) is 1. The van der Waals surface area contributed by atoms with Gasteiger partial charge in [-0.15, -0.1) is 0 Å². The van der Waals surface area contributed by atoms with Gasteiger partial charge in [0.2, 0.25) is 0 Å². The van der Waals surface area contributed by atoms with Crippen molar-refractivity contribution in [3.8, 4) is 5.75 Å². The molecule has 0 saturated carbocycles. The molecular formula is C13H18BrNO. The van der Waals surface area contributed by atoms with Crippen LogP contribution < -0.4 is 4.74 Å². The monoisotopic (exact) mass is 283 g/mol. The molecule has 0 unspecified atom stereocenters. The SMILES string of the molecule is CC(C)(C)N1CC(Oc2ccc(Br)cc2)C1. The molecule has 16 heavy (non-hydrogen) atoms. The molecule has 1 fully saturated rings. The highest BCUT2D eigenvalue weighted by atomic mass is 79.9. The number of benzene rings is 1. The molecule has 0 amide bonds. The van der Waals surface area contributed by atoms with Crippen LogP contribution in [-0.4, -0.2) is 29.6 Å². The van der Waals surface area contributed by atoms with E-state index in [1.807, 2.05) is 24.3 Å². The molecule has 0 N–H and O–H groups in total. The summed E-state index contributed by atoms with van der Waals surface area (Å²) in [5.41, 5.74) is 0.263. The van der Waals surface area contributed by atoms with Gasteiger partial charge in [-0.25, -0.2) is 0 Å². The molecule has 0 bridgehead atoms. The Labute approximate surface area is 106 Å². The van der Waals surface area contributed by atoms with Crippen LogP contribution >= 0.6 is 15.9 Å². The number of ether oxygens (including phenoxy) is 1. The van der Waals surface area contributed by atoms with E-state index in [0.29, 0.717) is 6.10 Å². The van der Waals surface area contributed by atoms with Gasteiger partial charge in [0, 0.05) is 23.1 Å². The Bertz CT molecular complexity index is 349. The first-order valence-electron chi connectivity index (χ1n) is 5.62. The molecule has 1 aromatic rings. The van der Waals surface area contributed by atoms with Crippen molar-refractivity contribution in [2.75, 3.05) is 13.1 Å². The van der Waals surface area contributed by atoms with Crippen molar-refractivity contribution in [3.63, 3.8) is 0 Å². The lowest BCUT2D eigenvalue weighted by atomic mass is 9.99. The van der Waals surface area contributed by atoms with Crippen LogP contribution in [0, 0.1) is 0 Å². The van der Waals surface area contributed by atoms with Gasteiger partial charge in [0.05, 0.1) is 0 Å². The summed E-state index contributed by atoms with van der Waals surface area (Å²) in [5, 5.41) is 0. The second-order valence-corrected chi connectivity index (χ2v) is 6.19. The zero-order valence-corrected chi connectivity index (χ0v) is 11.6. The summed E-state index contributed by atoms with van der Waals surface area (Å²) in [5.74, 6) is 0.960. The lowest BCUT2D eigenvalue weighted by Gasteiger charge is -2.47. The third-order valence-electron chi connectivity index (χ3n) is 2.91. The predicted octanol–water partition coefficient (Wildman–Crippen LogP) is 3.31. The van der Waals surface area contributed by atoms with Gasteiger partial charge in [0.25, 0.3) is 0 Å². The van der Waals surface area contributed by atoms with Crippen LogP contribution in [0.1, 0.15) is 20.8 Å². The average molecular weight is 284 g/mol. The molecule has 0 atom stereocenters. The maximum Gasteiger partial charge on any atom is 0.124 e. The Morgan fingerprint density at radius 2 is 1.75 bits per heavy atom. The minimum absolute atomic E-state index is 0.263. The Kier molecular flexibility index (Phi) is 3.27. The zero-order chi connectivity index (χ0) is 11.8. The van der Waals surface area contributed by atoms with Crippen molar-refractivity contribution >= 4 is 15.9 Å². The number of halogens is 1. The van der Waals surface area contributed by atoms with Gasteiger partial charge in [-0.05, 0) is 45.0 Å². The lowest BCUT2D eigenvalue weighted by molar-refractivity contribution is -0.0349. The van der Waals surface area contributed by atoms with Crippen LogP contribution in [0.15, 0.2) is 28.7 Å². The quantitative estimate of drug-likeness (QED) is 0.826. The summed E-state index contributed by atoms with van der Waals surface area (Å²) in [4.78, 5) is 2.43. The molecular weight excluding hydrogens is 266 g/mol. The van der Waals surface area contributed by atoms with Crippen LogP contribution in [0.5, 0.6) is 5.75 Å². The van der Waals surface area contributed by atoms with Crippen molar-refractivity contribution in [3.05, 3.63) is 28.7 Å². The van der Waals surface area contributed by atoms with Gasteiger partial charge >= 0.3 is 0 Å². The van der Waals surface area contributed by atoms with Crippen molar-refractivity contribution in [1.82, 2.24) is 4.90 Å². The summed E-state index contributed by atoms with van der Waals surface area (Å²) in [6.45, 7) is 8.77. The first-order chi connectivity index (χ1) is 7.45. The molecule has 1 saturated heterocycles. The van der Waals surface area contributed by atoms with Gasteiger partial charge in [-0.1, -0.05) is 15.9 Å². The highest BCUT2D eigenvalue weighted by Gasteiger charge is 2.35. The Balaban J connectivity index is 1.84. The Hall–Kier alpha value is -0.540. The van der Waals surface area contributed by atoms with Crippen LogP contribution in [0.4, 0.5) is 0 Å². The van der Waals surface area contributed by atoms with Crippen LogP contribution in [0.3, 0.4) is 0 Å². The van der Waals surface area contributed by atoms with E-state index in [4.69, 9.17) is 4.74 Å². The molecule has 0 aliphatic carbocycles. The molecule has 1 aromatic carbocycles. The molecule has 0 radical (unpaired) electrons. The molecule has 3 heteroatoms. The van der Waals surface area contributed by atoms with E-state index >= 15 is 0 Å². The maximum absolute atomic E-state index is 5.87. The summed E-state index contributed by atoms with van der Waals surface area (Å²) in [6, 6.07) is 8.03. The van der Waals surface area contributed by atoms with E-state index in [-0.39, 0.29) is 5.54 Å². The maximum atomic E-state index is 5.87. The smallest absolute Gasteiger partial charge is 0.124 e. The van der Waals surface area contributed by atoms with Crippen molar-refractivity contribution in [2.24, 2.45) is 0 Å². The van der Waals surface area contributed by atoms with E-state index in [1.54, 1.807) is 0 Å². The van der Waals surface area contributed by atoms with Gasteiger partial charge in [-0.3, -0.25) is 4.90 Å². The topological polar surface area (TPSA) is 12.5 Å². The summed E-state index contributed by atoms with van der Waals surface area (Å²) >= 11 is 3.41. The van der Waals surface area contributed by atoms with Crippen LogP contribution in [0.2, 0.25) is 0 Å². The minimum atomic E-state index is 0.263. The molecule has 2 nitrogen and oxygen atoms in total. The van der Waals surface area contributed by atoms with Crippen molar-refractivity contribution in [1.29, 1.82) is 0 Å². The molecule has 0 spiro atoms. The number of hydrogen-bond acceptors (Lipinski definition) is 2. The molecule has 2 rings (SSSR count). The summed E-state index contributed by atoms with van der Waals surface area (Å²) in [7, 11) is 0. The number of hydrogen-bond donors (Lipinski definition) is 0. The first-order valence-corrected chi connectivity index (χ1v) is 6.42. The fourth-order valence-corrected chi connectivity index (χ4v) is 2.03. The molecule has 0 aromatic heterocycles. The summed E-state index contributed by atoms with van der Waals surface area (Å²) < 4.78 is 6.96. The third kappa shape index (κ3) is 2.77. The highest BCUT2D eigenvalue weighted by Crippen LogP contribution is 2.25. The molecule has 1 heterocycles. The third-order valence-corrected chi connectivity index (χ3v) is 3.44. The number of nitrogens with zero attached hydrogens (tertiary/aromatic N) is 1. The van der Waals surface area contributed by atoms with Crippen LogP contribution in [-0.2, 0) is 0 Å². The van der Waals surface area contributed by atoms with Gasteiger partial charge in [0.1, 0.15) is 11.9 Å². The van der Waals surface area contributed by atoms with Crippen LogP contribution in [0.25, 0.3) is 0 Å². The standard InChI is InChI=1S/C13H18BrNO/c1-13(2,3)15-8-12(9-15)16-11-6-4-10(14)5-7-11/h4-7,12H,8-9H2,1-3H3. The van der Waals surface area contributed by atoms with Gasteiger partial charge in [-0.2, -0.15) is 0 Å². The Morgan fingerprint density at radius 1 is 1.19 bits per heavy atom. The van der Waals surface area contributed by atoms with E-state index in [0.717, 1.165) is 23.3 Å². The second kappa shape index (κ2) is 4.38. The fourth-order valence-electron chi connectivity index (χ4n) is 1.77. The molecule has 88 valence electrons. The Morgan fingerprint density at radius 3 is 2.25 bits per heavy atom. The average Bonchev–Trinajstić information content (AvgIpc) is 2.11. The largest absolute Gasteiger partial charge is 0.488 e. The van der Waals surface area contributed by atoms with E-state index in [1.165, 1.54) is 0 Å². The highest BCUT2D eigenvalue weighted by molar-refractivity contribution is 9.10. The van der Waals surface area contributed by atoms with Gasteiger partial charge < -0.3 is 4.74 Å². The summed E-state index contributed by atoms with van der Waals surface area (Å²) in [6.07, 6.45) is 0.348. The van der Waals surface area contributed by atoms with E-state index < -0.39 is 0 Å². The lowest BCUT2D eigenvalue weighted by Crippen LogP contribution is -2.60. The normalized spacial score (nSPS) is 18.2. The molecule has 1 aliphatic rings. The first kappa shape index (κ1) is 11.9. The second-order valence-electron chi connectivity index (χ2n) is 5.27. The van der Waals surface area contributed by atoms with E-state index in [9.17, 15) is 0 Å². The zero-order valence-electron chi connectivity index (χ0n) is 10.0. The fraction of sp³-hybridized carbons (Fsp3) is 0.538. The van der Waals surface area contributed by atoms with Gasteiger partial charge in [0.15, 0.2) is 0 Å². The van der Waals surface area contributed by atoms with E-state index in [2.05, 4.69) is 41.6 Å². The minimum Gasteiger partial charge on any atom is -0.488 e.